The number of quaternary nitrogens is 2. The number of benzene rings is 1. The van der Waals surface area contributed by atoms with Gasteiger partial charge in [-0.05, 0) is 91.1 Å². The largest absolute Gasteiger partial charge is 0.486 e. The fourth-order valence-corrected chi connectivity index (χ4v) is 12.2. The SMILES string of the molecule is CCCC[N+](C)(C)CCNC(=O)CCc1cc(CN2CCN(Cc3cc(C#Cc4ccc(OCC(=O)CN)cc4)cc(P(C)(=O)O)n3)CCN(Cc3cc(CCC(=O)NCC[N+](C)(C)CCCS(=O)(=O)O)cc(P(C)(=O)O)n3)CC2)nc(P(C)(=O)O)c1. The molecule has 1 aliphatic heterocycles. The summed E-state index contributed by atoms with van der Waals surface area (Å²) in [5.74, 6) is 5.73. The molecule has 8 N–H and O–H groups in total. The highest BCUT2D eigenvalue weighted by molar-refractivity contribution is 7.85. The van der Waals surface area contributed by atoms with Gasteiger partial charge in [-0.15, -0.1) is 0 Å². The first-order valence-corrected chi connectivity index (χ1v) is 37.3. The van der Waals surface area contributed by atoms with Gasteiger partial charge in [-0.2, -0.15) is 8.42 Å². The van der Waals surface area contributed by atoms with Crippen molar-refractivity contribution in [2.45, 2.75) is 71.5 Å². The van der Waals surface area contributed by atoms with E-state index < -0.39 is 32.2 Å². The van der Waals surface area contributed by atoms with Crippen LogP contribution in [0.2, 0.25) is 0 Å². The van der Waals surface area contributed by atoms with Gasteiger partial charge in [0.1, 0.15) is 28.7 Å². The van der Waals surface area contributed by atoms with Gasteiger partial charge in [0.15, 0.2) is 5.78 Å². The number of nitrogens with zero attached hydrogens (tertiary/aromatic N) is 8. The zero-order valence-corrected chi connectivity index (χ0v) is 55.3. The van der Waals surface area contributed by atoms with E-state index in [0.717, 1.165) is 30.4 Å². The van der Waals surface area contributed by atoms with Crippen molar-refractivity contribution in [3.8, 4) is 17.6 Å². The smallest absolute Gasteiger partial charge is 0.265 e. The predicted molar refractivity (Wildman–Crippen MR) is 339 cm³/mol. The number of nitrogens with one attached hydrogen (secondary N) is 2. The van der Waals surface area contributed by atoms with Crippen molar-refractivity contribution in [1.29, 1.82) is 0 Å². The number of nitrogens with two attached hydrogens (primary N) is 1. The highest BCUT2D eigenvalue weighted by Gasteiger charge is 2.26. The molecular weight excluding hydrogens is 1200 g/mol. The maximum absolute atomic E-state index is 13.3. The molecule has 3 unspecified atom stereocenters. The van der Waals surface area contributed by atoms with E-state index in [2.05, 4.69) is 68.2 Å². The molecule has 0 bridgehead atoms. The molecule has 0 aliphatic carbocycles. The summed E-state index contributed by atoms with van der Waals surface area (Å²) in [6.45, 7) is 12.8. The van der Waals surface area contributed by atoms with Crippen molar-refractivity contribution in [2.75, 3.05) is 146 Å². The number of likely N-dealkylation sites (N-methyl/N-ethyl adjacent to an activating group) is 2. The van der Waals surface area contributed by atoms with E-state index in [0.29, 0.717) is 121 Å². The summed E-state index contributed by atoms with van der Waals surface area (Å²) in [6.07, 6.45) is 3.25. The van der Waals surface area contributed by atoms with E-state index in [1.807, 2.05) is 26.2 Å². The molecule has 0 radical (unpaired) electrons. The molecule has 1 fully saturated rings. The number of hydrogen-bond acceptors (Lipinski definition) is 16. The first-order chi connectivity index (χ1) is 40.7. The lowest BCUT2D eigenvalue weighted by Gasteiger charge is -2.29. The molecule has 0 saturated carbocycles. The molecule has 1 saturated heterocycles. The molecule has 3 aromatic heterocycles. The summed E-state index contributed by atoms with van der Waals surface area (Å²) in [7, 11) is -7.61. The van der Waals surface area contributed by atoms with E-state index in [9.17, 15) is 51.2 Å². The molecule has 4 aromatic rings. The lowest BCUT2D eigenvalue weighted by molar-refractivity contribution is -0.889. The van der Waals surface area contributed by atoms with E-state index in [4.69, 9.17) is 20.0 Å². The molecular formula is C59H92N11O13P3S+2. The molecule has 4 heterocycles. The number of aryl methyl sites for hydroxylation is 2. The number of rotatable bonds is 32. The number of carbonyl (C=O) groups excluding carboxylic acids is 3. The topological polar surface area (TPSA) is 325 Å². The second kappa shape index (κ2) is 33.1. The van der Waals surface area contributed by atoms with Crippen LogP contribution in [0.5, 0.6) is 5.75 Å². The summed E-state index contributed by atoms with van der Waals surface area (Å²) in [5, 5.41) is 5.96. The number of unbranched alkanes of at least 4 members (excludes halogenated alkanes) is 1. The predicted octanol–water partition coefficient (Wildman–Crippen LogP) is 1.90. The quantitative estimate of drug-likeness (QED) is 0.0159. The number of carbonyl (C=O) groups is 3. The number of ketones is 1. The van der Waals surface area contributed by atoms with Crippen LogP contribution in [0.1, 0.15) is 78.4 Å². The molecule has 480 valence electrons. The minimum atomic E-state index is -4.08. The Balaban J connectivity index is 1.42. The Bertz CT molecular complexity index is 3310. The molecule has 3 atom stereocenters. The van der Waals surface area contributed by atoms with Crippen LogP contribution >= 0.6 is 22.1 Å². The number of amides is 2. The molecule has 2 amide bonds. The van der Waals surface area contributed by atoms with Crippen molar-refractivity contribution in [2.24, 2.45) is 5.73 Å². The van der Waals surface area contributed by atoms with Crippen molar-refractivity contribution >= 4 is 66.1 Å². The first-order valence-electron chi connectivity index (χ1n) is 29.4. The fourth-order valence-electron chi connectivity index (χ4n) is 9.60. The Morgan fingerprint density at radius 3 is 1.43 bits per heavy atom. The van der Waals surface area contributed by atoms with Gasteiger partial charge in [-0.1, -0.05) is 25.2 Å². The summed E-state index contributed by atoms with van der Waals surface area (Å²) < 4.78 is 78.1. The monoisotopic (exact) mass is 1290 g/mol. The van der Waals surface area contributed by atoms with Crippen LogP contribution in [0.4, 0.5) is 0 Å². The van der Waals surface area contributed by atoms with Gasteiger partial charge in [0.25, 0.3) is 10.1 Å². The Morgan fingerprint density at radius 1 is 0.621 bits per heavy atom. The van der Waals surface area contributed by atoms with Crippen LogP contribution in [0.15, 0.2) is 60.7 Å². The maximum atomic E-state index is 13.3. The Hall–Kier alpha value is -5.12. The van der Waals surface area contributed by atoms with Crippen LogP contribution in [0, 0.1) is 11.8 Å². The number of pyridine rings is 3. The van der Waals surface area contributed by atoms with E-state index in [-0.39, 0.29) is 98.1 Å². The van der Waals surface area contributed by atoms with Crippen LogP contribution in [0.25, 0.3) is 0 Å². The summed E-state index contributed by atoms with van der Waals surface area (Å²) in [6, 6.07) is 16.9. The zero-order valence-electron chi connectivity index (χ0n) is 51.8. The lowest BCUT2D eigenvalue weighted by atomic mass is 10.1. The first kappa shape index (κ1) is 72.6. The molecule has 24 nitrogen and oxygen atoms in total. The number of ether oxygens (including phenoxy) is 1. The molecule has 0 spiro atoms. The molecule has 28 heteroatoms. The highest BCUT2D eigenvalue weighted by Crippen LogP contribution is 2.35. The molecule has 1 aliphatic rings. The van der Waals surface area contributed by atoms with Crippen LogP contribution in [-0.2, 0) is 70.7 Å². The second-order valence-electron chi connectivity index (χ2n) is 24.1. The number of hydrogen-bond donors (Lipinski definition) is 7. The average molecular weight is 1290 g/mol. The normalized spacial score (nSPS) is 16.2. The molecule has 1 aromatic carbocycles. The summed E-state index contributed by atoms with van der Waals surface area (Å²) in [5.41, 5.74) is 9.38. The van der Waals surface area contributed by atoms with Gasteiger partial charge in [0, 0.05) is 109 Å². The molecule has 5 rings (SSSR count). The fraction of sp³-hybridized carbons (Fsp3) is 0.559. The van der Waals surface area contributed by atoms with Crippen LogP contribution in [0.3, 0.4) is 0 Å². The third-order valence-corrected chi connectivity index (χ3v) is 18.9. The van der Waals surface area contributed by atoms with Crippen molar-refractivity contribution in [1.82, 2.24) is 40.3 Å². The van der Waals surface area contributed by atoms with Gasteiger partial charge in [0.05, 0.1) is 96.8 Å². The minimum absolute atomic E-state index is 0.00202. The maximum Gasteiger partial charge on any atom is 0.265 e. The van der Waals surface area contributed by atoms with E-state index >= 15 is 0 Å². The summed E-state index contributed by atoms with van der Waals surface area (Å²) >= 11 is 0. The lowest BCUT2D eigenvalue weighted by Crippen LogP contribution is -2.46. The van der Waals surface area contributed by atoms with Gasteiger partial charge in [-0.25, -0.2) is 15.0 Å². The third-order valence-electron chi connectivity index (χ3n) is 14.8. The Labute approximate surface area is 514 Å². The van der Waals surface area contributed by atoms with E-state index in [1.165, 1.54) is 26.1 Å². The third kappa shape index (κ3) is 27.7. The van der Waals surface area contributed by atoms with Crippen molar-refractivity contribution in [3.05, 3.63) is 100.0 Å². The van der Waals surface area contributed by atoms with Gasteiger partial charge in [0.2, 0.25) is 33.9 Å². The van der Waals surface area contributed by atoms with E-state index in [1.54, 1.807) is 42.5 Å². The molecule has 87 heavy (non-hydrogen) atoms. The van der Waals surface area contributed by atoms with Crippen LogP contribution in [-0.4, -0.2) is 229 Å². The second-order valence-corrected chi connectivity index (χ2v) is 32.3. The Kier molecular flexibility index (Phi) is 27.6. The number of Topliss-reactive ketones (excluding diaryl/α,β-unsaturated/α-hetero) is 1. The Morgan fingerprint density at radius 2 is 1.02 bits per heavy atom. The van der Waals surface area contributed by atoms with Crippen molar-refractivity contribution < 1.29 is 69.4 Å². The number of aromatic nitrogens is 3. The zero-order chi connectivity index (χ0) is 64.2. The standard InChI is InChI=1S/C59H90N11O13P3S/c1-9-10-30-69(2,3)32-22-61-55(72)20-16-48-36-51(64-58(39-48)85(7,76)77)43-67-26-24-66(42-50-35-47(38-57(63-50)84(6,74)75)13-12-46-14-18-54(19-15-46)83-45-53(71)41-60)25-27-68(29-28-67)44-52-37-49(40-59(65-52)86(8,78)79)17-21-56(73)62-23-33-70(4,5)31-11-34-87(80,81)82/h14-15,18-19,35-40H,9-11,16-17,20-34,41-45,60H2,1-8H3,(H4-2,61,62,72,73,74,75,76,77,78,79,80,81,82)/p+2. The van der Waals surface area contributed by atoms with Crippen molar-refractivity contribution in [3.63, 3.8) is 0 Å². The summed E-state index contributed by atoms with van der Waals surface area (Å²) in [4.78, 5) is 91.1. The van der Waals surface area contributed by atoms with Gasteiger partial charge >= 0.3 is 0 Å². The highest BCUT2D eigenvalue weighted by atomic mass is 32.2. The van der Waals surface area contributed by atoms with Gasteiger partial charge < -0.3 is 44.8 Å². The minimum Gasteiger partial charge on any atom is -0.486 e. The average Bonchev–Trinajstić information content (AvgIpc) is 1.80. The van der Waals surface area contributed by atoms with Gasteiger partial charge in [-0.3, -0.25) is 47.3 Å². The van der Waals surface area contributed by atoms with Crippen LogP contribution < -0.4 is 37.4 Å².